The van der Waals surface area contributed by atoms with Crippen LogP contribution in [0.3, 0.4) is 0 Å². The number of amides is 1. The molecule has 0 heterocycles. The van der Waals surface area contributed by atoms with Crippen molar-refractivity contribution >= 4 is 27.5 Å². The number of nitrogens with one attached hydrogen (secondary N) is 1. The summed E-state index contributed by atoms with van der Waals surface area (Å²) in [5.41, 5.74) is 5.75. The molecule has 0 aliphatic rings. The van der Waals surface area contributed by atoms with E-state index in [0.717, 1.165) is 21.3 Å². The fourth-order valence-corrected chi connectivity index (χ4v) is 2.47. The van der Waals surface area contributed by atoms with Crippen molar-refractivity contribution in [2.45, 2.75) is 13.8 Å². The third-order valence-corrected chi connectivity index (χ3v) is 3.88. The van der Waals surface area contributed by atoms with Gasteiger partial charge in [-0.3, -0.25) is 4.79 Å². The summed E-state index contributed by atoms with van der Waals surface area (Å²) in [6, 6.07) is 13.0. The van der Waals surface area contributed by atoms with Gasteiger partial charge in [0.25, 0.3) is 5.91 Å². The molecule has 1 N–H and O–H groups in total. The first-order valence-electron chi connectivity index (χ1n) is 6.77. The molecule has 0 unspecified atom stereocenters. The van der Waals surface area contributed by atoms with Gasteiger partial charge in [-0.15, -0.1) is 0 Å². The molecule has 0 saturated heterocycles. The molecule has 1 amide bonds. The van der Waals surface area contributed by atoms with Crippen molar-refractivity contribution in [3.63, 3.8) is 0 Å². The lowest BCUT2D eigenvalue weighted by atomic mass is 10.1. The van der Waals surface area contributed by atoms with Crippen molar-refractivity contribution in [2.24, 2.45) is 5.10 Å². The molecule has 0 saturated carbocycles. The van der Waals surface area contributed by atoms with E-state index >= 15 is 0 Å². The standard InChI is InChI=1S/C17H17BrN2O2/c1-11-8-9-16(22-3)14(10-11)12(2)19-20-17(21)13-6-4-5-7-15(13)18/h4-10H,1-3H3,(H,20,21)/b19-12-. The third kappa shape index (κ3) is 3.74. The Hall–Kier alpha value is -2.14. The van der Waals surface area contributed by atoms with Gasteiger partial charge in [0.1, 0.15) is 5.75 Å². The Labute approximate surface area is 138 Å². The Balaban J connectivity index is 2.22. The van der Waals surface area contributed by atoms with E-state index < -0.39 is 0 Å². The highest BCUT2D eigenvalue weighted by Crippen LogP contribution is 2.20. The maximum Gasteiger partial charge on any atom is 0.272 e. The predicted molar refractivity (Wildman–Crippen MR) is 91.6 cm³/mol. The molecule has 2 aromatic carbocycles. The number of halogens is 1. The first kappa shape index (κ1) is 16.2. The van der Waals surface area contributed by atoms with Gasteiger partial charge in [-0.2, -0.15) is 5.10 Å². The number of methoxy groups -OCH3 is 1. The zero-order chi connectivity index (χ0) is 16.1. The number of rotatable bonds is 4. The lowest BCUT2D eigenvalue weighted by molar-refractivity contribution is 0.0954. The largest absolute Gasteiger partial charge is 0.496 e. The van der Waals surface area contributed by atoms with Gasteiger partial charge in [0.2, 0.25) is 0 Å². The van der Waals surface area contributed by atoms with E-state index in [2.05, 4.69) is 26.5 Å². The molecular weight excluding hydrogens is 344 g/mol. The van der Waals surface area contributed by atoms with Crippen molar-refractivity contribution in [1.29, 1.82) is 0 Å². The van der Waals surface area contributed by atoms with Gasteiger partial charge in [-0.25, -0.2) is 5.43 Å². The van der Waals surface area contributed by atoms with E-state index in [4.69, 9.17) is 4.74 Å². The zero-order valence-electron chi connectivity index (χ0n) is 12.7. The SMILES string of the molecule is COc1ccc(C)cc1/C(C)=N\NC(=O)c1ccccc1Br. The molecule has 0 bridgehead atoms. The molecule has 0 aromatic heterocycles. The number of ether oxygens (including phenoxy) is 1. The summed E-state index contributed by atoms with van der Waals surface area (Å²) >= 11 is 3.35. The number of hydrogen-bond acceptors (Lipinski definition) is 3. The van der Waals surface area contributed by atoms with E-state index in [0.29, 0.717) is 11.3 Å². The maximum absolute atomic E-state index is 12.1. The van der Waals surface area contributed by atoms with E-state index in [1.807, 2.05) is 44.2 Å². The Kier molecular flexibility index (Phi) is 5.33. The van der Waals surface area contributed by atoms with Crippen LogP contribution in [0.5, 0.6) is 5.75 Å². The van der Waals surface area contributed by atoms with Crippen LogP contribution in [-0.2, 0) is 0 Å². The monoisotopic (exact) mass is 360 g/mol. The molecule has 114 valence electrons. The predicted octanol–water partition coefficient (Wildman–Crippen LogP) is 3.92. The highest BCUT2D eigenvalue weighted by atomic mass is 79.9. The molecule has 2 rings (SSSR count). The summed E-state index contributed by atoms with van der Waals surface area (Å²) in [5.74, 6) is 0.459. The summed E-state index contributed by atoms with van der Waals surface area (Å²) in [5, 5.41) is 4.18. The molecule has 0 fully saturated rings. The summed E-state index contributed by atoms with van der Waals surface area (Å²) in [4.78, 5) is 12.1. The van der Waals surface area contributed by atoms with Gasteiger partial charge in [0, 0.05) is 10.0 Å². The summed E-state index contributed by atoms with van der Waals surface area (Å²) in [7, 11) is 1.61. The van der Waals surface area contributed by atoms with Gasteiger partial charge in [-0.05, 0) is 54.0 Å². The molecule has 5 heteroatoms. The summed E-state index contributed by atoms with van der Waals surface area (Å²) in [6.45, 7) is 3.83. The van der Waals surface area contributed by atoms with Crippen LogP contribution in [0.15, 0.2) is 52.0 Å². The van der Waals surface area contributed by atoms with E-state index in [1.165, 1.54) is 0 Å². The lowest BCUT2D eigenvalue weighted by Crippen LogP contribution is -2.20. The summed E-state index contributed by atoms with van der Waals surface area (Å²) in [6.07, 6.45) is 0. The number of nitrogens with zero attached hydrogens (tertiary/aromatic N) is 1. The van der Waals surface area contributed by atoms with Gasteiger partial charge >= 0.3 is 0 Å². The second-order valence-corrected chi connectivity index (χ2v) is 5.68. The van der Waals surface area contributed by atoms with Crippen LogP contribution >= 0.6 is 15.9 Å². The van der Waals surface area contributed by atoms with E-state index in [1.54, 1.807) is 19.2 Å². The molecular formula is C17H17BrN2O2. The van der Waals surface area contributed by atoms with E-state index in [-0.39, 0.29) is 5.91 Å². The normalized spacial score (nSPS) is 11.2. The topological polar surface area (TPSA) is 50.7 Å². The number of hydrogen-bond donors (Lipinski definition) is 1. The average molecular weight is 361 g/mol. The van der Waals surface area contributed by atoms with Crippen molar-refractivity contribution in [3.8, 4) is 5.75 Å². The Morgan fingerprint density at radius 1 is 1.18 bits per heavy atom. The molecule has 2 aromatic rings. The Morgan fingerprint density at radius 2 is 1.91 bits per heavy atom. The van der Waals surface area contributed by atoms with Crippen LogP contribution < -0.4 is 10.2 Å². The van der Waals surface area contributed by atoms with Crippen molar-refractivity contribution in [1.82, 2.24) is 5.43 Å². The molecule has 0 aliphatic heterocycles. The molecule has 0 spiro atoms. The molecule has 22 heavy (non-hydrogen) atoms. The second-order valence-electron chi connectivity index (χ2n) is 4.82. The summed E-state index contributed by atoms with van der Waals surface area (Å²) < 4.78 is 6.06. The van der Waals surface area contributed by atoms with Crippen LogP contribution in [0.4, 0.5) is 0 Å². The van der Waals surface area contributed by atoms with Crippen LogP contribution in [0.25, 0.3) is 0 Å². The molecule has 0 radical (unpaired) electrons. The van der Waals surface area contributed by atoms with Crippen LogP contribution in [0.1, 0.15) is 28.4 Å². The van der Waals surface area contributed by atoms with Crippen molar-refractivity contribution in [3.05, 3.63) is 63.6 Å². The van der Waals surface area contributed by atoms with Gasteiger partial charge in [0.15, 0.2) is 0 Å². The van der Waals surface area contributed by atoms with Gasteiger partial charge in [0.05, 0.1) is 18.4 Å². The minimum absolute atomic E-state index is 0.265. The van der Waals surface area contributed by atoms with Gasteiger partial charge < -0.3 is 4.74 Å². The highest BCUT2D eigenvalue weighted by Gasteiger charge is 2.10. The van der Waals surface area contributed by atoms with Crippen molar-refractivity contribution in [2.75, 3.05) is 7.11 Å². The van der Waals surface area contributed by atoms with Crippen LogP contribution in [0.2, 0.25) is 0 Å². The first-order valence-corrected chi connectivity index (χ1v) is 7.56. The smallest absolute Gasteiger partial charge is 0.272 e. The number of carbonyl (C=O) groups excluding carboxylic acids is 1. The van der Waals surface area contributed by atoms with Gasteiger partial charge in [-0.1, -0.05) is 23.8 Å². The fraction of sp³-hybridized carbons (Fsp3) is 0.176. The third-order valence-electron chi connectivity index (χ3n) is 3.19. The fourth-order valence-electron chi connectivity index (χ4n) is 2.00. The van der Waals surface area contributed by atoms with Crippen molar-refractivity contribution < 1.29 is 9.53 Å². The Morgan fingerprint density at radius 3 is 2.59 bits per heavy atom. The molecule has 0 atom stereocenters. The van der Waals surface area contributed by atoms with Crippen LogP contribution in [-0.4, -0.2) is 18.7 Å². The van der Waals surface area contributed by atoms with Crippen LogP contribution in [0, 0.1) is 6.92 Å². The lowest BCUT2D eigenvalue weighted by Gasteiger charge is -2.09. The highest BCUT2D eigenvalue weighted by molar-refractivity contribution is 9.10. The average Bonchev–Trinajstić information content (AvgIpc) is 2.52. The zero-order valence-corrected chi connectivity index (χ0v) is 14.3. The Bertz CT molecular complexity index is 726. The number of benzene rings is 2. The molecule has 4 nitrogen and oxygen atoms in total. The quantitative estimate of drug-likeness (QED) is 0.663. The minimum atomic E-state index is -0.265. The first-order chi connectivity index (χ1) is 10.5. The number of hydrazone groups is 1. The van der Waals surface area contributed by atoms with E-state index in [9.17, 15) is 4.79 Å². The minimum Gasteiger partial charge on any atom is -0.496 e. The molecule has 0 aliphatic carbocycles. The number of carbonyl (C=O) groups is 1. The second kappa shape index (κ2) is 7.22. The maximum atomic E-state index is 12.1. The number of aryl methyl sites for hydroxylation is 1.